The number of halogens is 1. The first-order valence-electron chi connectivity index (χ1n) is 6.28. The minimum atomic E-state index is 0.261. The number of hydrogen-bond donors (Lipinski definition) is 1. The van der Waals surface area contributed by atoms with Gasteiger partial charge in [0.1, 0.15) is 5.76 Å². The molecule has 1 aromatic rings. The van der Waals surface area contributed by atoms with Crippen molar-refractivity contribution in [3.63, 3.8) is 0 Å². The van der Waals surface area contributed by atoms with Crippen molar-refractivity contribution in [2.75, 3.05) is 13.6 Å². The smallest absolute Gasteiger partial charge is 0.169 e. The first-order valence-corrected chi connectivity index (χ1v) is 7.07. The molecular formula is C13H21BrN2O. The summed E-state index contributed by atoms with van der Waals surface area (Å²) in [6, 6.07) is 5.60. The van der Waals surface area contributed by atoms with E-state index < -0.39 is 0 Å². The number of hydrogen-bond acceptors (Lipinski definition) is 3. The Labute approximate surface area is 112 Å². The molecule has 0 bridgehead atoms. The lowest BCUT2D eigenvalue weighted by molar-refractivity contribution is 0.234. The summed E-state index contributed by atoms with van der Waals surface area (Å²) in [5.74, 6) is 0.984. The first kappa shape index (κ1) is 13.1. The van der Waals surface area contributed by atoms with E-state index in [0.717, 1.165) is 23.0 Å². The molecule has 0 aliphatic heterocycles. The van der Waals surface area contributed by atoms with Crippen LogP contribution >= 0.6 is 15.9 Å². The Bertz CT molecular complexity index is 362. The topological polar surface area (TPSA) is 28.4 Å². The Morgan fingerprint density at radius 1 is 1.47 bits per heavy atom. The Hall–Kier alpha value is -0.320. The number of nitrogens with zero attached hydrogens (tertiary/aromatic N) is 1. The molecule has 96 valence electrons. The second-order valence-corrected chi connectivity index (χ2v) is 5.80. The fraction of sp³-hybridized carbons (Fsp3) is 0.692. The van der Waals surface area contributed by atoms with Crippen LogP contribution in [0, 0.1) is 0 Å². The molecule has 1 aromatic heterocycles. The predicted molar refractivity (Wildman–Crippen MR) is 73.1 cm³/mol. The Kier molecular flexibility index (Phi) is 4.28. The first-order chi connectivity index (χ1) is 8.08. The van der Waals surface area contributed by atoms with Crippen molar-refractivity contribution < 1.29 is 4.42 Å². The molecule has 1 heterocycles. The van der Waals surface area contributed by atoms with Gasteiger partial charge in [0, 0.05) is 18.6 Å². The summed E-state index contributed by atoms with van der Waals surface area (Å²) in [7, 11) is 2.22. The van der Waals surface area contributed by atoms with Gasteiger partial charge in [-0.3, -0.25) is 4.90 Å². The SMILES string of the molecule is CC(NCC(C)N(C)C1CC1)c1ccc(Br)o1. The van der Waals surface area contributed by atoms with Gasteiger partial charge in [-0.25, -0.2) is 0 Å². The van der Waals surface area contributed by atoms with E-state index in [1.165, 1.54) is 12.8 Å². The van der Waals surface area contributed by atoms with E-state index in [4.69, 9.17) is 4.42 Å². The molecule has 2 atom stereocenters. The molecule has 0 amide bonds. The van der Waals surface area contributed by atoms with Gasteiger partial charge >= 0.3 is 0 Å². The lowest BCUT2D eigenvalue weighted by atomic mass is 10.2. The maximum atomic E-state index is 5.54. The predicted octanol–water partition coefficient (Wildman–Crippen LogP) is 3.18. The van der Waals surface area contributed by atoms with Crippen molar-refractivity contribution in [1.29, 1.82) is 0 Å². The highest BCUT2D eigenvalue weighted by Gasteiger charge is 2.29. The molecule has 1 N–H and O–H groups in total. The van der Waals surface area contributed by atoms with Crippen LogP contribution in [-0.4, -0.2) is 30.6 Å². The van der Waals surface area contributed by atoms with Gasteiger partial charge in [0.15, 0.2) is 4.67 Å². The van der Waals surface area contributed by atoms with Crippen LogP contribution in [0.15, 0.2) is 21.2 Å². The Morgan fingerprint density at radius 3 is 2.71 bits per heavy atom. The van der Waals surface area contributed by atoms with E-state index in [1.54, 1.807) is 0 Å². The molecule has 0 spiro atoms. The van der Waals surface area contributed by atoms with Gasteiger partial charge in [0.25, 0.3) is 0 Å². The van der Waals surface area contributed by atoms with Crippen LogP contribution in [0.1, 0.15) is 38.5 Å². The highest BCUT2D eigenvalue weighted by atomic mass is 79.9. The summed E-state index contributed by atoms with van der Waals surface area (Å²) in [5.41, 5.74) is 0. The van der Waals surface area contributed by atoms with Crippen molar-refractivity contribution in [3.05, 3.63) is 22.6 Å². The highest BCUT2D eigenvalue weighted by molar-refractivity contribution is 9.10. The number of rotatable bonds is 6. The molecule has 2 rings (SSSR count). The van der Waals surface area contributed by atoms with Crippen LogP contribution in [0.2, 0.25) is 0 Å². The fourth-order valence-electron chi connectivity index (χ4n) is 1.99. The lowest BCUT2D eigenvalue weighted by Crippen LogP contribution is -2.39. The van der Waals surface area contributed by atoms with E-state index in [2.05, 4.69) is 47.0 Å². The molecule has 1 aliphatic rings. The molecule has 1 saturated carbocycles. The molecule has 0 saturated heterocycles. The van der Waals surface area contributed by atoms with Crippen molar-refractivity contribution in [1.82, 2.24) is 10.2 Å². The van der Waals surface area contributed by atoms with Crippen LogP contribution in [0.4, 0.5) is 0 Å². The number of nitrogens with one attached hydrogen (secondary N) is 1. The third kappa shape index (κ3) is 3.57. The van der Waals surface area contributed by atoms with Crippen molar-refractivity contribution in [2.45, 2.75) is 44.8 Å². The summed E-state index contributed by atoms with van der Waals surface area (Å²) >= 11 is 3.33. The van der Waals surface area contributed by atoms with Crippen LogP contribution in [-0.2, 0) is 0 Å². The van der Waals surface area contributed by atoms with Crippen LogP contribution in [0.5, 0.6) is 0 Å². The zero-order chi connectivity index (χ0) is 12.4. The quantitative estimate of drug-likeness (QED) is 0.875. The fourth-order valence-corrected chi connectivity index (χ4v) is 2.31. The van der Waals surface area contributed by atoms with Gasteiger partial charge in [-0.05, 0) is 61.8 Å². The molecule has 1 aliphatic carbocycles. The molecule has 4 heteroatoms. The molecule has 0 aromatic carbocycles. The van der Waals surface area contributed by atoms with E-state index in [1.807, 2.05) is 12.1 Å². The summed E-state index contributed by atoms with van der Waals surface area (Å²) in [5, 5.41) is 3.52. The summed E-state index contributed by atoms with van der Waals surface area (Å²) in [4.78, 5) is 2.47. The largest absolute Gasteiger partial charge is 0.453 e. The van der Waals surface area contributed by atoms with Gasteiger partial charge in [0.2, 0.25) is 0 Å². The molecule has 0 radical (unpaired) electrons. The van der Waals surface area contributed by atoms with E-state index in [9.17, 15) is 0 Å². The van der Waals surface area contributed by atoms with Gasteiger partial charge in [-0.15, -0.1) is 0 Å². The Morgan fingerprint density at radius 2 is 2.18 bits per heavy atom. The monoisotopic (exact) mass is 300 g/mol. The highest BCUT2D eigenvalue weighted by Crippen LogP contribution is 2.27. The summed E-state index contributed by atoms with van der Waals surface area (Å²) < 4.78 is 6.33. The zero-order valence-electron chi connectivity index (χ0n) is 10.7. The van der Waals surface area contributed by atoms with Crippen LogP contribution in [0.25, 0.3) is 0 Å². The van der Waals surface area contributed by atoms with E-state index in [-0.39, 0.29) is 6.04 Å². The second-order valence-electron chi connectivity index (χ2n) is 5.02. The van der Waals surface area contributed by atoms with Gasteiger partial charge in [-0.2, -0.15) is 0 Å². The van der Waals surface area contributed by atoms with E-state index >= 15 is 0 Å². The standard InChI is InChI=1S/C13H21BrN2O/c1-9(16(3)11-4-5-11)8-15-10(2)12-6-7-13(14)17-12/h6-7,9-11,15H,4-5,8H2,1-3H3. The lowest BCUT2D eigenvalue weighted by Gasteiger charge is -2.26. The van der Waals surface area contributed by atoms with Crippen molar-refractivity contribution >= 4 is 15.9 Å². The third-order valence-corrected chi connectivity index (χ3v) is 3.98. The van der Waals surface area contributed by atoms with Crippen molar-refractivity contribution in [2.24, 2.45) is 0 Å². The average molecular weight is 301 g/mol. The maximum Gasteiger partial charge on any atom is 0.169 e. The zero-order valence-corrected chi connectivity index (χ0v) is 12.3. The third-order valence-electron chi connectivity index (χ3n) is 3.56. The molecule has 2 unspecified atom stereocenters. The van der Waals surface area contributed by atoms with Crippen LogP contribution in [0.3, 0.4) is 0 Å². The van der Waals surface area contributed by atoms with E-state index in [0.29, 0.717) is 6.04 Å². The molecule has 3 nitrogen and oxygen atoms in total. The summed E-state index contributed by atoms with van der Waals surface area (Å²) in [6.45, 7) is 5.40. The number of likely N-dealkylation sites (N-methyl/N-ethyl adjacent to an activating group) is 1. The minimum absolute atomic E-state index is 0.261. The number of furan rings is 1. The molecular weight excluding hydrogens is 280 g/mol. The van der Waals surface area contributed by atoms with Crippen LogP contribution < -0.4 is 5.32 Å². The minimum Gasteiger partial charge on any atom is -0.453 e. The second kappa shape index (κ2) is 5.55. The van der Waals surface area contributed by atoms with Crippen molar-refractivity contribution in [3.8, 4) is 0 Å². The normalized spacial score (nSPS) is 19.6. The summed E-state index contributed by atoms with van der Waals surface area (Å²) in [6.07, 6.45) is 2.73. The Balaban J connectivity index is 1.77. The molecule has 17 heavy (non-hydrogen) atoms. The van der Waals surface area contributed by atoms with Gasteiger partial charge < -0.3 is 9.73 Å². The average Bonchev–Trinajstić information content (AvgIpc) is 3.07. The van der Waals surface area contributed by atoms with Gasteiger partial charge in [0.05, 0.1) is 6.04 Å². The molecule has 1 fully saturated rings. The van der Waals surface area contributed by atoms with Gasteiger partial charge in [-0.1, -0.05) is 0 Å². The maximum absolute atomic E-state index is 5.54.